The van der Waals surface area contributed by atoms with Gasteiger partial charge >= 0.3 is 5.97 Å². The summed E-state index contributed by atoms with van der Waals surface area (Å²) in [6.45, 7) is 2.90. The Morgan fingerprint density at radius 1 is 1.58 bits per heavy atom. The largest absolute Gasteiger partial charge is 0.479 e. The summed E-state index contributed by atoms with van der Waals surface area (Å²) in [5.74, 6) is -1.21. The van der Waals surface area contributed by atoms with Gasteiger partial charge in [0, 0.05) is 0 Å². The second-order valence-electron chi connectivity index (χ2n) is 3.32. The first-order valence-electron chi connectivity index (χ1n) is 4.00. The highest BCUT2D eigenvalue weighted by molar-refractivity contribution is 5.76. The minimum Gasteiger partial charge on any atom is -0.479 e. The molecule has 0 aromatic heterocycles. The number of aliphatic hydroxyl groups excluding tert-OH is 1. The Labute approximate surface area is 71.8 Å². The van der Waals surface area contributed by atoms with E-state index in [2.05, 4.69) is 0 Å². The molecule has 0 spiro atoms. The van der Waals surface area contributed by atoms with Crippen molar-refractivity contribution in [3.05, 3.63) is 0 Å². The standard InChI is InChI=1S/C8H16O4/c1-6(9)4-3-5-8(2,12)7(10)11/h6,9,12H,3-5H2,1-2H3,(H,10,11). The molecule has 72 valence electrons. The number of hydrogen-bond acceptors (Lipinski definition) is 3. The summed E-state index contributed by atoms with van der Waals surface area (Å²) in [6, 6.07) is 0. The highest BCUT2D eigenvalue weighted by Crippen LogP contribution is 2.14. The molecule has 12 heavy (non-hydrogen) atoms. The number of aliphatic carboxylic acids is 1. The van der Waals surface area contributed by atoms with Crippen molar-refractivity contribution in [2.24, 2.45) is 0 Å². The van der Waals surface area contributed by atoms with Crippen molar-refractivity contribution in [3.8, 4) is 0 Å². The maximum Gasteiger partial charge on any atom is 0.335 e. The van der Waals surface area contributed by atoms with E-state index in [1.165, 1.54) is 6.92 Å². The molecule has 0 aliphatic rings. The van der Waals surface area contributed by atoms with Crippen LogP contribution < -0.4 is 0 Å². The molecule has 4 nitrogen and oxygen atoms in total. The average molecular weight is 176 g/mol. The van der Waals surface area contributed by atoms with Crippen LogP contribution in [0.15, 0.2) is 0 Å². The molecule has 0 aromatic rings. The third-order valence-corrected chi connectivity index (χ3v) is 1.75. The van der Waals surface area contributed by atoms with Crippen molar-refractivity contribution in [1.29, 1.82) is 0 Å². The molecule has 3 N–H and O–H groups in total. The van der Waals surface area contributed by atoms with E-state index in [9.17, 15) is 9.90 Å². The van der Waals surface area contributed by atoms with Gasteiger partial charge in [0.2, 0.25) is 0 Å². The van der Waals surface area contributed by atoms with Gasteiger partial charge in [0.15, 0.2) is 5.60 Å². The third kappa shape index (κ3) is 4.31. The van der Waals surface area contributed by atoms with Gasteiger partial charge in [-0.3, -0.25) is 0 Å². The van der Waals surface area contributed by atoms with Crippen LogP contribution in [0.5, 0.6) is 0 Å². The lowest BCUT2D eigenvalue weighted by Gasteiger charge is -2.17. The van der Waals surface area contributed by atoms with Crippen LogP contribution in [-0.2, 0) is 4.79 Å². The molecule has 0 heterocycles. The lowest BCUT2D eigenvalue weighted by Crippen LogP contribution is -2.34. The van der Waals surface area contributed by atoms with Gasteiger partial charge in [0.25, 0.3) is 0 Å². The topological polar surface area (TPSA) is 77.8 Å². The summed E-state index contributed by atoms with van der Waals surface area (Å²) in [5, 5.41) is 26.6. The predicted molar refractivity (Wildman–Crippen MR) is 43.8 cm³/mol. The zero-order valence-corrected chi connectivity index (χ0v) is 7.45. The molecule has 0 amide bonds. The molecule has 0 rings (SSSR count). The predicted octanol–water partition coefficient (Wildman–Crippen LogP) is 0.373. The number of aliphatic hydroxyl groups is 2. The van der Waals surface area contributed by atoms with E-state index >= 15 is 0 Å². The lowest BCUT2D eigenvalue weighted by atomic mass is 9.98. The van der Waals surface area contributed by atoms with Gasteiger partial charge in [-0.05, 0) is 33.1 Å². The third-order valence-electron chi connectivity index (χ3n) is 1.75. The van der Waals surface area contributed by atoms with Gasteiger partial charge in [0.1, 0.15) is 0 Å². The zero-order valence-electron chi connectivity index (χ0n) is 7.45. The molecule has 0 saturated carbocycles. The van der Waals surface area contributed by atoms with Crippen molar-refractivity contribution < 1.29 is 20.1 Å². The van der Waals surface area contributed by atoms with Crippen LogP contribution >= 0.6 is 0 Å². The Morgan fingerprint density at radius 2 is 2.08 bits per heavy atom. The summed E-state index contributed by atoms with van der Waals surface area (Å²) >= 11 is 0. The molecule has 0 aliphatic heterocycles. The Balaban J connectivity index is 3.69. The molecule has 4 heteroatoms. The van der Waals surface area contributed by atoms with Gasteiger partial charge in [-0.1, -0.05) is 0 Å². The van der Waals surface area contributed by atoms with Gasteiger partial charge in [-0.25, -0.2) is 4.79 Å². The maximum atomic E-state index is 10.4. The number of hydrogen-bond donors (Lipinski definition) is 3. The first kappa shape index (κ1) is 11.4. The second-order valence-corrected chi connectivity index (χ2v) is 3.32. The fraction of sp³-hybridized carbons (Fsp3) is 0.875. The van der Waals surface area contributed by atoms with E-state index in [1.54, 1.807) is 6.92 Å². The van der Waals surface area contributed by atoms with Gasteiger partial charge in [-0.2, -0.15) is 0 Å². The molecular weight excluding hydrogens is 160 g/mol. The Morgan fingerprint density at radius 3 is 2.42 bits per heavy atom. The molecule has 0 aromatic carbocycles. The second kappa shape index (κ2) is 4.42. The van der Waals surface area contributed by atoms with Gasteiger partial charge < -0.3 is 15.3 Å². The monoisotopic (exact) mass is 176 g/mol. The fourth-order valence-electron chi connectivity index (χ4n) is 0.849. The highest BCUT2D eigenvalue weighted by atomic mass is 16.4. The highest BCUT2D eigenvalue weighted by Gasteiger charge is 2.28. The summed E-state index contributed by atoms with van der Waals surface area (Å²) in [5.41, 5.74) is -1.66. The number of carboxylic acid groups (broad SMARTS) is 1. The maximum absolute atomic E-state index is 10.4. The van der Waals surface area contributed by atoms with Crippen molar-refractivity contribution in [1.82, 2.24) is 0 Å². The minimum atomic E-state index is -1.66. The van der Waals surface area contributed by atoms with E-state index < -0.39 is 17.7 Å². The van der Waals surface area contributed by atoms with Crippen LogP contribution in [0, 0.1) is 0 Å². The van der Waals surface area contributed by atoms with Crippen molar-refractivity contribution in [2.45, 2.75) is 44.8 Å². The Hall–Kier alpha value is -0.610. The Bertz CT molecular complexity index is 151. The molecule has 0 fully saturated rings. The van der Waals surface area contributed by atoms with E-state index in [4.69, 9.17) is 10.2 Å². The number of carboxylic acids is 1. The number of rotatable bonds is 5. The molecule has 0 saturated heterocycles. The Kier molecular flexibility index (Phi) is 4.20. The van der Waals surface area contributed by atoms with Gasteiger partial charge in [0.05, 0.1) is 6.10 Å². The van der Waals surface area contributed by atoms with Crippen molar-refractivity contribution in [3.63, 3.8) is 0 Å². The van der Waals surface area contributed by atoms with Crippen LogP contribution in [0.25, 0.3) is 0 Å². The smallest absolute Gasteiger partial charge is 0.335 e. The lowest BCUT2D eigenvalue weighted by molar-refractivity contribution is -0.157. The zero-order chi connectivity index (χ0) is 9.78. The minimum absolute atomic E-state index is 0.174. The van der Waals surface area contributed by atoms with E-state index in [0.29, 0.717) is 12.8 Å². The van der Waals surface area contributed by atoms with Crippen molar-refractivity contribution >= 4 is 5.97 Å². The molecular formula is C8H16O4. The average Bonchev–Trinajstić information content (AvgIpc) is 1.85. The normalized spacial score (nSPS) is 18.3. The quantitative estimate of drug-likeness (QED) is 0.565. The van der Waals surface area contributed by atoms with Crippen LogP contribution in [0.2, 0.25) is 0 Å². The van der Waals surface area contributed by atoms with Crippen LogP contribution in [0.4, 0.5) is 0 Å². The first-order chi connectivity index (χ1) is 5.36. The molecule has 0 bridgehead atoms. The molecule has 0 radical (unpaired) electrons. The van der Waals surface area contributed by atoms with Crippen LogP contribution in [0.3, 0.4) is 0 Å². The summed E-state index contributed by atoms with van der Waals surface area (Å²) in [7, 11) is 0. The van der Waals surface area contributed by atoms with Crippen LogP contribution in [-0.4, -0.2) is 33.0 Å². The van der Waals surface area contributed by atoms with Crippen molar-refractivity contribution in [2.75, 3.05) is 0 Å². The molecule has 2 unspecified atom stereocenters. The first-order valence-corrected chi connectivity index (χ1v) is 4.00. The summed E-state index contributed by atoms with van der Waals surface area (Å²) < 4.78 is 0. The summed E-state index contributed by atoms with van der Waals surface area (Å²) in [4.78, 5) is 10.4. The van der Waals surface area contributed by atoms with E-state index in [-0.39, 0.29) is 6.42 Å². The SMILES string of the molecule is CC(O)CCCC(C)(O)C(=O)O. The molecule has 2 atom stereocenters. The van der Waals surface area contributed by atoms with E-state index in [1.807, 2.05) is 0 Å². The van der Waals surface area contributed by atoms with Crippen LogP contribution in [0.1, 0.15) is 33.1 Å². The molecule has 0 aliphatic carbocycles. The fourth-order valence-corrected chi connectivity index (χ4v) is 0.849. The van der Waals surface area contributed by atoms with E-state index in [0.717, 1.165) is 0 Å². The number of carbonyl (C=O) groups is 1. The summed E-state index contributed by atoms with van der Waals surface area (Å²) in [6.07, 6.45) is 0.766. The van der Waals surface area contributed by atoms with Gasteiger partial charge in [-0.15, -0.1) is 0 Å².